The molecule has 0 unspecified atom stereocenters. The molecule has 0 bridgehead atoms. The number of fused-ring (bicyclic) bond motifs is 1. The van der Waals surface area contributed by atoms with E-state index in [4.69, 9.17) is 33.2 Å². The fourth-order valence-corrected chi connectivity index (χ4v) is 3.63. The van der Waals surface area contributed by atoms with Gasteiger partial charge in [-0.25, -0.2) is 0 Å². The predicted octanol–water partition coefficient (Wildman–Crippen LogP) is 3.10. The third kappa shape index (κ3) is 4.03. The molecule has 0 aromatic heterocycles. The SMILES string of the molecule is COc1cc([C@H]2CC(=O)Oc3cc(OC)c(OC)c(OC)c32)cc(OC)c1OC(C)=O. The number of methoxy groups -OCH3 is 5. The molecule has 1 aliphatic heterocycles. The first-order valence-electron chi connectivity index (χ1n) is 9.36. The van der Waals surface area contributed by atoms with Crippen LogP contribution < -0.4 is 33.2 Å². The van der Waals surface area contributed by atoms with Gasteiger partial charge in [-0.05, 0) is 17.7 Å². The molecule has 9 nitrogen and oxygen atoms in total. The Morgan fingerprint density at radius 1 is 0.839 bits per heavy atom. The summed E-state index contributed by atoms with van der Waals surface area (Å²) in [5.74, 6) is 0.736. The van der Waals surface area contributed by atoms with Crippen LogP contribution >= 0.6 is 0 Å². The van der Waals surface area contributed by atoms with Crippen molar-refractivity contribution in [1.29, 1.82) is 0 Å². The van der Waals surface area contributed by atoms with Crippen molar-refractivity contribution in [3.63, 3.8) is 0 Å². The summed E-state index contributed by atoms with van der Waals surface area (Å²) in [5.41, 5.74) is 1.29. The third-order valence-electron chi connectivity index (χ3n) is 4.90. The second-order valence-corrected chi connectivity index (χ2v) is 6.64. The van der Waals surface area contributed by atoms with Crippen LogP contribution in [-0.4, -0.2) is 47.5 Å². The second-order valence-electron chi connectivity index (χ2n) is 6.64. The van der Waals surface area contributed by atoms with Gasteiger partial charge in [-0.1, -0.05) is 0 Å². The van der Waals surface area contributed by atoms with Crippen LogP contribution in [0.4, 0.5) is 0 Å². The van der Waals surface area contributed by atoms with Crippen molar-refractivity contribution in [1.82, 2.24) is 0 Å². The first-order chi connectivity index (χ1) is 14.9. The van der Waals surface area contributed by atoms with Crippen LogP contribution in [0.1, 0.15) is 30.4 Å². The van der Waals surface area contributed by atoms with Crippen LogP contribution in [0.25, 0.3) is 0 Å². The van der Waals surface area contributed by atoms with Gasteiger partial charge in [0.15, 0.2) is 23.0 Å². The first-order valence-corrected chi connectivity index (χ1v) is 9.36. The minimum atomic E-state index is -0.519. The summed E-state index contributed by atoms with van der Waals surface area (Å²) in [6.07, 6.45) is 0.0397. The maximum atomic E-state index is 12.4. The standard InChI is InChI=1S/C22H24O9/c1-11(23)30-20-15(25-2)7-12(8-16(20)26-3)13-9-18(24)31-14-10-17(27-4)21(28-5)22(29-6)19(13)14/h7-8,10,13H,9H2,1-6H3/t13-/m1/s1. The maximum Gasteiger partial charge on any atom is 0.312 e. The van der Waals surface area contributed by atoms with E-state index in [2.05, 4.69) is 0 Å². The van der Waals surface area contributed by atoms with Crippen molar-refractivity contribution in [3.05, 3.63) is 29.3 Å². The van der Waals surface area contributed by atoms with E-state index in [1.165, 1.54) is 42.5 Å². The lowest BCUT2D eigenvalue weighted by Crippen LogP contribution is -2.22. The number of carbonyl (C=O) groups excluding carboxylic acids is 2. The molecule has 0 saturated carbocycles. The maximum absolute atomic E-state index is 12.4. The molecule has 0 saturated heterocycles. The molecule has 1 heterocycles. The lowest BCUT2D eigenvalue weighted by molar-refractivity contribution is -0.135. The van der Waals surface area contributed by atoms with Gasteiger partial charge in [0.2, 0.25) is 11.5 Å². The van der Waals surface area contributed by atoms with Crippen LogP contribution in [0, 0.1) is 0 Å². The number of benzene rings is 2. The lowest BCUT2D eigenvalue weighted by Gasteiger charge is -2.29. The quantitative estimate of drug-likeness (QED) is 0.483. The highest BCUT2D eigenvalue weighted by Crippen LogP contribution is 2.53. The highest BCUT2D eigenvalue weighted by atomic mass is 16.6. The Hall–Kier alpha value is -3.62. The summed E-state index contributed by atoms with van der Waals surface area (Å²) in [7, 11) is 7.37. The normalized spacial score (nSPS) is 14.8. The number of carbonyl (C=O) groups is 2. The Balaban J connectivity index is 2.26. The largest absolute Gasteiger partial charge is 0.493 e. The van der Waals surface area contributed by atoms with E-state index in [9.17, 15) is 9.59 Å². The highest BCUT2D eigenvalue weighted by molar-refractivity contribution is 5.81. The predicted molar refractivity (Wildman–Crippen MR) is 109 cm³/mol. The summed E-state index contributed by atoms with van der Waals surface area (Å²) in [5, 5.41) is 0. The van der Waals surface area contributed by atoms with Crippen LogP contribution in [0.2, 0.25) is 0 Å². The van der Waals surface area contributed by atoms with Gasteiger partial charge in [0.1, 0.15) is 5.75 Å². The van der Waals surface area contributed by atoms with Gasteiger partial charge in [-0.2, -0.15) is 0 Å². The topological polar surface area (TPSA) is 98.8 Å². The van der Waals surface area contributed by atoms with Crippen molar-refractivity contribution in [2.75, 3.05) is 35.5 Å². The summed E-state index contributed by atoms with van der Waals surface area (Å²) < 4.78 is 38.1. The van der Waals surface area contributed by atoms with E-state index in [1.54, 1.807) is 18.2 Å². The number of rotatable bonds is 7. The number of ether oxygens (including phenoxy) is 7. The molecule has 1 atom stereocenters. The molecule has 31 heavy (non-hydrogen) atoms. The van der Waals surface area contributed by atoms with E-state index in [1.807, 2.05) is 0 Å². The molecule has 0 radical (unpaired) electrons. The van der Waals surface area contributed by atoms with Crippen molar-refractivity contribution >= 4 is 11.9 Å². The number of hydrogen-bond donors (Lipinski definition) is 0. The Bertz CT molecular complexity index is 988. The molecule has 166 valence electrons. The summed E-state index contributed by atoms with van der Waals surface area (Å²) in [6, 6.07) is 4.95. The highest BCUT2D eigenvalue weighted by Gasteiger charge is 2.36. The van der Waals surface area contributed by atoms with Gasteiger partial charge in [-0.15, -0.1) is 0 Å². The molecule has 3 rings (SSSR count). The number of esters is 2. The third-order valence-corrected chi connectivity index (χ3v) is 4.90. The molecular weight excluding hydrogens is 408 g/mol. The fourth-order valence-electron chi connectivity index (χ4n) is 3.63. The lowest BCUT2D eigenvalue weighted by atomic mass is 9.85. The molecule has 0 aliphatic carbocycles. The fraction of sp³-hybridized carbons (Fsp3) is 0.364. The molecule has 0 N–H and O–H groups in total. The molecule has 0 spiro atoms. The van der Waals surface area contributed by atoms with Gasteiger partial charge in [-0.3, -0.25) is 9.59 Å². The average molecular weight is 432 g/mol. The van der Waals surface area contributed by atoms with E-state index in [0.29, 0.717) is 34.1 Å². The zero-order valence-corrected chi connectivity index (χ0v) is 18.2. The van der Waals surface area contributed by atoms with E-state index >= 15 is 0 Å². The van der Waals surface area contributed by atoms with E-state index < -0.39 is 17.9 Å². The Labute approximate surface area is 179 Å². The zero-order valence-electron chi connectivity index (χ0n) is 18.2. The molecule has 1 aliphatic rings. The van der Waals surface area contributed by atoms with Crippen molar-refractivity contribution < 1.29 is 42.7 Å². The monoisotopic (exact) mass is 432 g/mol. The Morgan fingerprint density at radius 2 is 1.39 bits per heavy atom. The molecule has 2 aromatic rings. The molecule has 0 amide bonds. The van der Waals surface area contributed by atoms with Crippen molar-refractivity contribution in [3.8, 4) is 40.2 Å². The smallest absolute Gasteiger partial charge is 0.312 e. The molecular formula is C22H24O9. The minimum Gasteiger partial charge on any atom is -0.493 e. The van der Waals surface area contributed by atoms with Gasteiger partial charge in [0, 0.05) is 24.5 Å². The molecule has 2 aromatic carbocycles. The van der Waals surface area contributed by atoms with Gasteiger partial charge >= 0.3 is 11.9 Å². The minimum absolute atomic E-state index is 0.0397. The van der Waals surface area contributed by atoms with Crippen LogP contribution in [0.3, 0.4) is 0 Å². The van der Waals surface area contributed by atoms with E-state index in [0.717, 1.165) is 0 Å². The van der Waals surface area contributed by atoms with Gasteiger partial charge in [0.25, 0.3) is 0 Å². The average Bonchev–Trinajstić information content (AvgIpc) is 2.76. The summed E-state index contributed by atoms with van der Waals surface area (Å²) in [4.78, 5) is 23.9. The zero-order chi connectivity index (χ0) is 22.7. The second kappa shape index (κ2) is 9.03. The van der Waals surface area contributed by atoms with Crippen molar-refractivity contribution in [2.45, 2.75) is 19.3 Å². The van der Waals surface area contributed by atoms with Crippen LogP contribution in [0.15, 0.2) is 18.2 Å². The van der Waals surface area contributed by atoms with Gasteiger partial charge < -0.3 is 33.2 Å². The summed E-state index contributed by atoms with van der Waals surface area (Å²) >= 11 is 0. The first kappa shape index (κ1) is 22.1. The van der Waals surface area contributed by atoms with E-state index in [-0.39, 0.29) is 23.7 Å². The van der Waals surface area contributed by atoms with Crippen LogP contribution in [-0.2, 0) is 9.59 Å². The Kier molecular flexibility index (Phi) is 6.43. The molecule has 9 heteroatoms. The molecule has 0 fully saturated rings. The number of hydrogen-bond acceptors (Lipinski definition) is 9. The van der Waals surface area contributed by atoms with Crippen LogP contribution in [0.5, 0.6) is 40.2 Å². The Morgan fingerprint density at radius 3 is 1.87 bits per heavy atom. The summed E-state index contributed by atoms with van der Waals surface area (Å²) in [6.45, 7) is 1.28. The van der Waals surface area contributed by atoms with Crippen molar-refractivity contribution in [2.24, 2.45) is 0 Å². The van der Waals surface area contributed by atoms with Gasteiger partial charge in [0.05, 0.1) is 42.0 Å².